The second kappa shape index (κ2) is 10.9. The zero-order chi connectivity index (χ0) is 24.8. The van der Waals surface area contributed by atoms with Crippen molar-refractivity contribution in [3.05, 3.63) is 90.2 Å². The molecule has 0 bridgehead atoms. The van der Waals surface area contributed by atoms with Crippen LogP contribution in [0.15, 0.2) is 73.2 Å². The van der Waals surface area contributed by atoms with E-state index >= 15 is 0 Å². The van der Waals surface area contributed by atoms with E-state index in [9.17, 15) is 9.18 Å². The van der Waals surface area contributed by atoms with Crippen molar-refractivity contribution in [2.24, 2.45) is 13.0 Å². The van der Waals surface area contributed by atoms with Gasteiger partial charge in [0.15, 0.2) is 0 Å². The number of nitriles is 1. The number of anilines is 1. The standard InChI is InChI=1S/C27H27FN6O/c1-18(20-8-9-21(13-29)24(28)12-20)14-31-26(19-6-4-3-5-7-19)27(35)33-25-11-10-22(15-30-25)23-16-32-34(2)17-23/h3-6,8-12,15-19,26,31H,7,14H2,1-2H3,(H,30,33,35). The van der Waals surface area contributed by atoms with Gasteiger partial charge in [0.05, 0.1) is 17.8 Å². The summed E-state index contributed by atoms with van der Waals surface area (Å²) < 4.78 is 15.8. The highest BCUT2D eigenvalue weighted by Gasteiger charge is 2.27. The molecule has 3 atom stereocenters. The first-order valence-corrected chi connectivity index (χ1v) is 11.5. The number of hydrogen-bond acceptors (Lipinski definition) is 5. The van der Waals surface area contributed by atoms with Crippen LogP contribution >= 0.6 is 0 Å². The van der Waals surface area contributed by atoms with E-state index in [0.717, 1.165) is 23.1 Å². The first-order valence-electron chi connectivity index (χ1n) is 11.5. The van der Waals surface area contributed by atoms with Gasteiger partial charge in [-0.15, -0.1) is 0 Å². The van der Waals surface area contributed by atoms with E-state index in [4.69, 9.17) is 5.26 Å². The van der Waals surface area contributed by atoms with Crippen LogP contribution in [0, 0.1) is 23.1 Å². The van der Waals surface area contributed by atoms with Crippen LogP contribution in [0.25, 0.3) is 11.1 Å². The highest BCUT2D eigenvalue weighted by molar-refractivity contribution is 5.94. The molecule has 0 saturated carbocycles. The average Bonchev–Trinajstić information content (AvgIpc) is 3.31. The number of carbonyl (C=O) groups is 1. The molecule has 4 rings (SSSR count). The zero-order valence-corrected chi connectivity index (χ0v) is 19.6. The van der Waals surface area contributed by atoms with Crippen molar-refractivity contribution in [3.8, 4) is 17.2 Å². The highest BCUT2D eigenvalue weighted by atomic mass is 19.1. The summed E-state index contributed by atoms with van der Waals surface area (Å²) >= 11 is 0. The number of allylic oxidation sites excluding steroid dienone is 3. The minimum atomic E-state index is -0.535. The summed E-state index contributed by atoms with van der Waals surface area (Å²) in [4.78, 5) is 17.7. The van der Waals surface area contributed by atoms with E-state index in [2.05, 4.69) is 20.7 Å². The molecular weight excluding hydrogens is 443 g/mol. The number of benzene rings is 1. The van der Waals surface area contributed by atoms with Crippen LogP contribution in [0.5, 0.6) is 0 Å². The highest BCUT2D eigenvalue weighted by Crippen LogP contribution is 2.22. The number of nitrogens with zero attached hydrogens (tertiary/aromatic N) is 4. The summed E-state index contributed by atoms with van der Waals surface area (Å²) in [5.74, 6) is -0.346. The van der Waals surface area contributed by atoms with Crippen LogP contribution in [-0.4, -0.2) is 33.3 Å². The summed E-state index contributed by atoms with van der Waals surface area (Å²) in [6.07, 6.45) is 14.1. The van der Waals surface area contributed by atoms with Gasteiger partial charge in [-0.2, -0.15) is 10.4 Å². The van der Waals surface area contributed by atoms with Crippen molar-refractivity contribution < 1.29 is 9.18 Å². The van der Waals surface area contributed by atoms with Crippen molar-refractivity contribution in [2.45, 2.75) is 25.3 Å². The maximum absolute atomic E-state index is 14.1. The molecule has 3 unspecified atom stereocenters. The maximum atomic E-state index is 14.1. The molecule has 1 aliphatic carbocycles. The van der Waals surface area contributed by atoms with Gasteiger partial charge in [0.25, 0.3) is 0 Å². The first-order chi connectivity index (χ1) is 16.9. The summed E-state index contributed by atoms with van der Waals surface area (Å²) in [7, 11) is 1.85. The number of hydrogen-bond donors (Lipinski definition) is 2. The number of halogens is 1. The fourth-order valence-electron chi connectivity index (χ4n) is 4.05. The van der Waals surface area contributed by atoms with Gasteiger partial charge in [0.1, 0.15) is 17.7 Å². The van der Waals surface area contributed by atoms with Crippen molar-refractivity contribution in [3.63, 3.8) is 0 Å². The van der Waals surface area contributed by atoms with Crippen LogP contribution in [-0.2, 0) is 11.8 Å². The second-order valence-electron chi connectivity index (χ2n) is 8.67. The quantitative estimate of drug-likeness (QED) is 0.511. The van der Waals surface area contributed by atoms with Gasteiger partial charge in [0.2, 0.25) is 5.91 Å². The molecule has 2 N–H and O–H groups in total. The third-order valence-electron chi connectivity index (χ3n) is 6.10. The Morgan fingerprint density at radius 3 is 2.74 bits per heavy atom. The number of amides is 1. The summed E-state index contributed by atoms with van der Waals surface area (Å²) in [6, 6.07) is 9.63. The molecule has 2 aromatic heterocycles. The van der Waals surface area contributed by atoms with E-state index in [-0.39, 0.29) is 23.3 Å². The van der Waals surface area contributed by atoms with Crippen molar-refractivity contribution in [2.75, 3.05) is 11.9 Å². The van der Waals surface area contributed by atoms with Gasteiger partial charge in [-0.3, -0.25) is 9.48 Å². The molecule has 0 saturated heterocycles. The van der Waals surface area contributed by atoms with Crippen LogP contribution in [0.1, 0.15) is 30.4 Å². The fraction of sp³-hybridized carbons (Fsp3) is 0.259. The molecule has 8 heteroatoms. The van der Waals surface area contributed by atoms with Crippen LogP contribution in [0.4, 0.5) is 10.2 Å². The van der Waals surface area contributed by atoms with Crippen LogP contribution in [0.3, 0.4) is 0 Å². The molecular formula is C27H27FN6O. The fourth-order valence-corrected chi connectivity index (χ4v) is 4.05. The largest absolute Gasteiger partial charge is 0.309 e. The minimum absolute atomic E-state index is 0.0207. The normalized spacial score (nSPS) is 16.5. The molecule has 0 spiro atoms. The lowest BCUT2D eigenvalue weighted by Gasteiger charge is -2.27. The van der Waals surface area contributed by atoms with E-state index in [0.29, 0.717) is 12.4 Å². The Morgan fingerprint density at radius 2 is 2.11 bits per heavy atom. The Morgan fingerprint density at radius 1 is 1.26 bits per heavy atom. The summed E-state index contributed by atoms with van der Waals surface area (Å²) in [5.41, 5.74) is 2.65. The van der Waals surface area contributed by atoms with E-state index in [1.807, 2.05) is 56.6 Å². The van der Waals surface area contributed by atoms with Crippen LogP contribution in [0.2, 0.25) is 0 Å². The lowest BCUT2D eigenvalue weighted by atomic mass is 9.91. The Bertz CT molecular complexity index is 1290. The molecule has 0 fully saturated rings. The first kappa shape index (κ1) is 24.0. The molecule has 35 heavy (non-hydrogen) atoms. The third kappa shape index (κ3) is 5.89. The maximum Gasteiger partial charge on any atom is 0.243 e. The molecule has 3 aromatic rings. The summed E-state index contributed by atoms with van der Waals surface area (Å²) in [6.45, 7) is 2.42. The number of aromatic nitrogens is 3. The lowest BCUT2D eigenvalue weighted by molar-refractivity contribution is -0.119. The molecule has 0 aliphatic heterocycles. The van der Waals surface area contributed by atoms with E-state index in [1.165, 1.54) is 12.1 Å². The van der Waals surface area contributed by atoms with E-state index in [1.54, 1.807) is 29.2 Å². The second-order valence-corrected chi connectivity index (χ2v) is 8.67. The molecule has 2 heterocycles. The molecule has 0 radical (unpaired) electrons. The van der Waals surface area contributed by atoms with Crippen LogP contribution < -0.4 is 10.6 Å². The minimum Gasteiger partial charge on any atom is -0.309 e. The zero-order valence-electron chi connectivity index (χ0n) is 19.6. The number of nitrogens with one attached hydrogen (secondary N) is 2. The predicted octanol–water partition coefficient (Wildman–Crippen LogP) is 4.33. The van der Waals surface area contributed by atoms with Gasteiger partial charge < -0.3 is 10.6 Å². The SMILES string of the molecule is CC(CNC(C(=O)Nc1ccc(-c2cnn(C)c2)cn1)C1C=CC=CC1)c1ccc(C#N)c(F)c1. The van der Waals surface area contributed by atoms with Gasteiger partial charge >= 0.3 is 0 Å². The Labute approximate surface area is 204 Å². The molecule has 178 valence electrons. The monoisotopic (exact) mass is 470 g/mol. The smallest absolute Gasteiger partial charge is 0.243 e. The van der Waals surface area contributed by atoms with E-state index < -0.39 is 11.9 Å². The van der Waals surface area contributed by atoms with Gasteiger partial charge in [-0.05, 0) is 42.2 Å². The predicted molar refractivity (Wildman–Crippen MR) is 133 cm³/mol. The van der Waals surface area contributed by atoms with Gasteiger partial charge in [-0.1, -0.05) is 37.3 Å². The third-order valence-corrected chi connectivity index (χ3v) is 6.10. The van der Waals surface area contributed by atoms with Crippen molar-refractivity contribution in [1.82, 2.24) is 20.1 Å². The molecule has 1 amide bonds. The molecule has 1 aliphatic rings. The molecule has 7 nitrogen and oxygen atoms in total. The number of pyridine rings is 1. The Hall–Kier alpha value is -4.09. The number of rotatable bonds is 8. The van der Waals surface area contributed by atoms with Gasteiger partial charge in [-0.25, -0.2) is 9.37 Å². The summed E-state index contributed by atoms with van der Waals surface area (Å²) in [5, 5.41) is 19.4. The van der Waals surface area contributed by atoms with Crippen molar-refractivity contribution in [1.29, 1.82) is 5.26 Å². The van der Waals surface area contributed by atoms with Crippen molar-refractivity contribution >= 4 is 11.7 Å². The topological polar surface area (TPSA) is 95.6 Å². The van der Waals surface area contributed by atoms with Gasteiger partial charge in [0, 0.05) is 43.0 Å². The average molecular weight is 471 g/mol. The lowest BCUT2D eigenvalue weighted by Crippen LogP contribution is -2.46. The Balaban J connectivity index is 1.44. The number of carbonyl (C=O) groups excluding carboxylic acids is 1. The number of aryl methyl sites for hydroxylation is 1. The molecule has 1 aromatic carbocycles. The Kier molecular flexibility index (Phi) is 7.48.